The molecule has 0 amide bonds. The van der Waals surface area contributed by atoms with Crippen LogP contribution in [-0.2, 0) is 6.18 Å². The van der Waals surface area contributed by atoms with Gasteiger partial charge in [-0.2, -0.15) is 13.2 Å². The Morgan fingerprint density at radius 2 is 1.95 bits per heavy atom. The van der Waals surface area contributed by atoms with Crippen molar-refractivity contribution >= 4 is 15.9 Å². The van der Waals surface area contributed by atoms with Gasteiger partial charge in [-0.15, -0.1) is 10.2 Å². The molecule has 0 spiro atoms. The lowest BCUT2D eigenvalue weighted by Gasteiger charge is -2.12. The van der Waals surface area contributed by atoms with E-state index in [2.05, 4.69) is 26.1 Å². The van der Waals surface area contributed by atoms with Gasteiger partial charge in [0.05, 0.1) is 5.56 Å². The highest BCUT2D eigenvalue weighted by atomic mass is 79.9. The molecule has 0 fully saturated rings. The number of aliphatic hydroxyl groups is 1. The zero-order chi connectivity index (χ0) is 14.2. The molecule has 0 aliphatic carbocycles. The van der Waals surface area contributed by atoms with Crippen LogP contribution in [0.4, 0.5) is 13.2 Å². The summed E-state index contributed by atoms with van der Waals surface area (Å²) in [5.74, 6) is 0.0730. The number of aliphatic hydroxyl groups excluding tert-OH is 1. The van der Waals surface area contributed by atoms with E-state index in [1.54, 1.807) is 0 Å². The zero-order valence-corrected chi connectivity index (χ0v) is 11.2. The third-order valence-electron chi connectivity index (χ3n) is 2.34. The number of benzene rings is 1. The second-order valence-electron chi connectivity index (χ2n) is 3.83. The van der Waals surface area contributed by atoms with Gasteiger partial charge in [-0.3, -0.25) is 0 Å². The van der Waals surface area contributed by atoms with Crippen LogP contribution in [0.5, 0.6) is 0 Å². The van der Waals surface area contributed by atoms with Crippen molar-refractivity contribution in [2.75, 3.05) is 0 Å². The predicted octanol–water partition coefficient (Wildman–Crippen LogP) is 3.24. The average Bonchev–Trinajstić information content (AvgIpc) is 2.73. The molecular weight excluding hydrogens is 329 g/mol. The molecule has 1 N–H and O–H groups in total. The SMILES string of the molecule is Cc1nnc(C(O)c2cc(Br)cc(C(F)(F)F)c2)o1. The molecule has 1 heterocycles. The highest BCUT2D eigenvalue weighted by Gasteiger charge is 2.32. The quantitative estimate of drug-likeness (QED) is 0.914. The van der Waals surface area contributed by atoms with Crippen LogP contribution in [0.3, 0.4) is 0 Å². The van der Waals surface area contributed by atoms with E-state index in [0.29, 0.717) is 0 Å². The monoisotopic (exact) mass is 336 g/mol. The third kappa shape index (κ3) is 3.13. The summed E-state index contributed by atoms with van der Waals surface area (Å²) < 4.78 is 43.2. The Bertz CT molecular complexity index is 598. The molecule has 1 aromatic heterocycles. The van der Waals surface area contributed by atoms with Crippen LogP contribution in [-0.4, -0.2) is 15.3 Å². The number of alkyl halides is 3. The van der Waals surface area contributed by atoms with Crippen LogP contribution >= 0.6 is 15.9 Å². The van der Waals surface area contributed by atoms with Gasteiger partial charge in [0.15, 0.2) is 6.10 Å². The van der Waals surface area contributed by atoms with Gasteiger partial charge in [0.25, 0.3) is 0 Å². The molecule has 1 unspecified atom stereocenters. The fraction of sp³-hybridized carbons (Fsp3) is 0.273. The molecule has 0 saturated carbocycles. The van der Waals surface area contributed by atoms with Crippen LogP contribution in [0, 0.1) is 6.92 Å². The summed E-state index contributed by atoms with van der Waals surface area (Å²) in [5.41, 5.74) is -0.850. The van der Waals surface area contributed by atoms with Crippen molar-refractivity contribution in [3.05, 3.63) is 45.6 Å². The van der Waals surface area contributed by atoms with E-state index in [9.17, 15) is 18.3 Å². The Morgan fingerprint density at radius 1 is 1.26 bits per heavy atom. The van der Waals surface area contributed by atoms with Gasteiger partial charge in [-0.1, -0.05) is 15.9 Å². The van der Waals surface area contributed by atoms with Crippen molar-refractivity contribution in [3.63, 3.8) is 0 Å². The van der Waals surface area contributed by atoms with Gasteiger partial charge in [-0.05, 0) is 23.8 Å². The second kappa shape index (κ2) is 4.93. The molecule has 19 heavy (non-hydrogen) atoms. The number of aryl methyl sites for hydroxylation is 1. The molecule has 2 aromatic rings. The van der Waals surface area contributed by atoms with Crippen molar-refractivity contribution in [1.82, 2.24) is 10.2 Å². The smallest absolute Gasteiger partial charge is 0.416 e. The molecule has 102 valence electrons. The van der Waals surface area contributed by atoms with E-state index in [1.807, 2.05) is 0 Å². The number of halogens is 4. The lowest BCUT2D eigenvalue weighted by Crippen LogP contribution is -2.08. The van der Waals surface area contributed by atoms with Crippen LogP contribution in [0.2, 0.25) is 0 Å². The Labute approximate surface area is 114 Å². The summed E-state index contributed by atoms with van der Waals surface area (Å²) in [6.07, 6.45) is -5.90. The van der Waals surface area contributed by atoms with Gasteiger partial charge < -0.3 is 9.52 Å². The first-order chi connectivity index (χ1) is 8.77. The predicted molar refractivity (Wildman–Crippen MR) is 62.2 cm³/mol. The second-order valence-corrected chi connectivity index (χ2v) is 4.75. The Balaban J connectivity index is 2.42. The fourth-order valence-corrected chi connectivity index (χ4v) is 2.01. The van der Waals surface area contributed by atoms with Gasteiger partial charge >= 0.3 is 6.18 Å². The maximum Gasteiger partial charge on any atom is 0.416 e. The minimum atomic E-state index is -4.50. The summed E-state index contributed by atoms with van der Waals surface area (Å²) in [6, 6.07) is 3.13. The zero-order valence-electron chi connectivity index (χ0n) is 9.57. The summed E-state index contributed by atoms with van der Waals surface area (Å²) in [6.45, 7) is 1.52. The van der Waals surface area contributed by atoms with Gasteiger partial charge in [-0.25, -0.2) is 0 Å². The molecule has 0 saturated heterocycles. The highest BCUT2D eigenvalue weighted by molar-refractivity contribution is 9.10. The Kier molecular flexibility index (Phi) is 3.64. The normalized spacial score (nSPS) is 13.6. The molecular formula is C11H8BrF3N2O2. The van der Waals surface area contributed by atoms with Crippen molar-refractivity contribution in [2.24, 2.45) is 0 Å². The van der Waals surface area contributed by atoms with E-state index in [4.69, 9.17) is 4.42 Å². The fourth-order valence-electron chi connectivity index (χ4n) is 1.50. The largest absolute Gasteiger partial charge is 0.422 e. The molecule has 0 aliphatic rings. The molecule has 2 rings (SSSR count). The van der Waals surface area contributed by atoms with E-state index in [1.165, 1.54) is 13.0 Å². The summed E-state index contributed by atoms with van der Waals surface area (Å²) in [4.78, 5) is 0. The standard InChI is InChI=1S/C11H8BrF3N2O2/c1-5-16-17-10(19-5)9(18)6-2-7(11(13,14)15)4-8(12)3-6/h2-4,9,18H,1H3. The van der Waals surface area contributed by atoms with Crippen molar-refractivity contribution in [1.29, 1.82) is 0 Å². The molecule has 0 aliphatic heterocycles. The minimum absolute atomic E-state index is 0.0188. The summed E-state index contributed by atoms with van der Waals surface area (Å²) >= 11 is 2.97. The van der Waals surface area contributed by atoms with E-state index < -0.39 is 17.8 Å². The van der Waals surface area contributed by atoms with E-state index in [0.717, 1.165) is 12.1 Å². The lowest BCUT2D eigenvalue weighted by atomic mass is 10.1. The average molecular weight is 337 g/mol. The van der Waals surface area contributed by atoms with Crippen LogP contribution in [0.25, 0.3) is 0 Å². The van der Waals surface area contributed by atoms with Crippen molar-refractivity contribution in [2.45, 2.75) is 19.2 Å². The third-order valence-corrected chi connectivity index (χ3v) is 2.80. The summed E-state index contributed by atoms with van der Waals surface area (Å²) in [7, 11) is 0. The van der Waals surface area contributed by atoms with Gasteiger partial charge in [0, 0.05) is 11.4 Å². The van der Waals surface area contributed by atoms with Crippen molar-refractivity contribution < 1.29 is 22.7 Å². The van der Waals surface area contributed by atoms with Gasteiger partial charge in [0.2, 0.25) is 11.8 Å². The molecule has 4 nitrogen and oxygen atoms in total. The number of nitrogens with zero attached hydrogens (tertiary/aromatic N) is 2. The molecule has 0 bridgehead atoms. The highest BCUT2D eigenvalue weighted by Crippen LogP contribution is 2.34. The van der Waals surface area contributed by atoms with Crippen LogP contribution in [0.1, 0.15) is 29.0 Å². The Hall–Kier alpha value is -1.41. The number of rotatable bonds is 2. The van der Waals surface area contributed by atoms with Crippen LogP contribution in [0.15, 0.2) is 27.1 Å². The minimum Gasteiger partial charge on any atom is -0.422 e. The first kappa shape index (κ1) is 14.0. The molecule has 8 heteroatoms. The first-order valence-corrected chi connectivity index (χ1v) is 5.92. The lowest BCUT2D eigenvalue weighted by molar-refractivity contribution is -0.137. The first-order valence-electron chi connectivity index (χ1n) is 5.13. The number of hydrogen-bond donors (Lipinski definition) is 1. The molecule has 0 radical (unpaired) electrons. The van der Waals surface area contributed by atoms with Gasteiger partial charge in [0.1, 0.15) is 0 Å². The number of hydrogen-bond acceptors (Lipinski definition) is 4. The molecule has 1 atom stereocenters. The maximum absolute atomic E-state index is 12.7. The topological polar surface area (TPSA) is 59.2 Å². The summed E-state index contributed by atoms with van der Waals surface area (Å²) in [5, 5.41) is 17.0. The molecule has 1 aromatic carbocycles. The van der Waals surface area contributed by atoms with Crippen LogP contribution < -0.4 is 0 Å². The Morgan fingerprint density at radius 3 is 2.47 bits per heavy atom. The number of aromatic nitrogens is 2. The van der Waals surface area contributed by atoms with E-state index >= 15 is 0 Å². The van der Waals surface area contributed by atoms with E-state index in [-0.39, 0.29) is 21.8 Å². The van der Waals surface area contributed by atoms with Crippen molar-refractivity contribution in [3.8, 4) is 0 Å². The maximum atomic E-state index is 12.7.